The molecule has 122 valence electrons. The largest absolute Gasteiger partial charge is 0.342 e. The SMILES string of the molecule is CC(C)NC1CCN(C(=O)C2CCN(C(C)C)CC2)CC1. The van der Waals surface area contributed by atoms with Crippen molar-refractivity contribution in [3.8, 4) is 0 Å². The van der Waals surface area contributed by atoms with Gasteiger partial charge in [0, 0.05) is 37.1 Å². The molecule has 0 aromatic carbocycles. The fourth-order valence-electron chi connectivity index (χ4n) is 3.66. The quantitative estimate of drug-likeness (QED) is 0.863. The molecule has 0 unspecified atom stereocenters. The third-order valence-electron chi connectivity index (χ3n) is 4.98. The predicted molar refractivity (Wildman–Crippen MR) is 87.3 cm³/mol. The van der Waals surface area contributed by atoms with Gasteiger partial charge in [-0.2, -0.15) is 0 Å². The lowest BCUT2D eigenvalue weighted by molar-refractivity contribution is -0.138. The van der Waals surface area contributed by atoms with Gasteiger partial charge in [-0.25, -0.2) is 0 Å². The minimum absolute atomic E-state index is 0.273. The number of hydrogen-bond acceptors (Lipinski definition) is 3. The smallest absolute Gasteiger partial charge is 0.225 e. The molecule has 0 bridgehead atoms. The van der Waals surface area contributed by atoms with Crippen LogP contribution < -0.4 is 5.32 Å². The zero-order chi connectivity index (χ0) is 15.4. The van der Waals surface area contributed by atoms with Crippen molar-refractivity contribution in [2.24, 2.45) is 5.92 Å². The molecule has 0 aliphatic carbocycles. The Morgan fingerprint density at radius 3 is 2.00 bits per heavy atom. The van der Waals surface area contributed by atoms with E-state index >= 15 is 0 Å². The van der Waals surface area contributed by atoms with E-state index in [2.05, 4.69) is 42.8 Å². The number of piperidine rings is 2. The van der Waals surface area contributed by atoms with Crippen LogP contribution in [0.25, 0.3) is 0 Å². The lowest BCUT2D eigenvalue weighted by atomic mass is 9.93. The Labute approximate surface area is 130 Å². The van der Waals surface area contributed by atoms with Crippen LogP contribution in [0.4, 0.5) is 0 Å². The van der Waals surface area contributed by atoms with Gasteiger partial charge in [-0.1, -0.05) is 13.8 Å². The molecule has 0 radical (unpaired) electrons. The summed E-state index contributed by atoms with van der Waals surface area (Å²) in [7, 11) is 0. The van der Waals surface area contributed by atoms with Gasteiger partial charge >= 0.3 is 0 Å². The van der Waals surface area contributed by atoms with Crippen LogP contribution in [0.3, 0.4) is 0 Å². The maximum atomic E-state index is 12.6. The molecular formula is C17H33N3O. The van der Waals surface area contributed by atoms with E-state index in [0.717, 1.165) is 51.9 Å². The number of hydrogen-bond donors (Lipinski definition) is 1. The molecule has 1 N–H and O–H groups in total. The molecule has 0 saturated carbocycles. The second kappa shape index (κ2) is 7.59. The van der Waals surface area contributed by atoms with Gasteiger partial charge in [0.15, 0.2) is 0 Å². The number of amides is 1. The zero-order valence-corrected chi connectivity index (χ0v) is 14.3. The van der Waals surface area contributed by atoms with Gasteiger partial charge in [0.25, 0.3) is 0 Å². The highest BCUT2D eigenvalue weighted by atomic mass is 16.2. The molecule has 0 atom stereocenters. The van der Waals surface area contributed by atoms with E-state index < -0.39 is 0 Å². The third kappa shape index (κ3) is 4.68. The Morgan fingerprint density at radius 2 is 1.52 bits per heavy atom. The van der Waals surface area contributed by atoms with Crippen molar-refractivity contribution in [2.75, 3.05) is 26.2 Å². The summed E-state index contributed by atoms with van der Waals surface area (Å²) < 4.78 is 0. The third-order valence-corrected chi connectivity index (χ3v) is 4.98. The van der Waals surface area contributed by atoms with Gasteiger partial charge in [0.05, 0.1) is 0 Å². The van der Waals surface area contributed by atoms with Crippen LogP contribution in [0.5, 0.6) is 0 Å². The molecule has 2 heterocycles. The monoisotopic (exact) mass is 295 g/mol. The first kappa shape index (κ1) is 16.8. The maximum absolute atomic E-state index is 12.6. The highest BCUT2D eigenvalue weighted by molar-refractivity contribution is 5.79. The van der Waals surface area contributed by atoms with Crippen molar-refractivity contribution in [3.05, 3.63) is 0 Å². The Hall–Kier alpha value is -0.610. The minimum Gasteiger partial charge on any atom is -0.342 e. The average Bonchev–Trinajstić information content (AvgIpc) is 2.47. The van der Waals surface area contributed by atoms with E-state index in [1.54, 1.807) is 0 Å². The van der Waals surface area contributed by atoms with Gasteiger partial charge in [-0.05, 0) is 52.6 Å². The number of nitrogens with one attached hydrogen (secondary N) is 1. The molecule has 2 aliphatic heterocycles. The van der Waals surface area contributed by atoms with Crippen LogP contribution in [0.15, 0.2) is 0 Å². The van der Waals surface area contributed by atoms with Crippen molar-refractivity contribution in [3.63, 3.8) is 0 Å². The topological polar surface area (TPSA) is 35.6 Å². The van der Waals surface area contributed by atoms with Crippen molar-refractivity contribution >= 4 is 5.91 Å². The van der Waals surface area contributed by atoms with Gasteiger partial charge in [-0.15, -0.1) is 0 Å². The summed E-state index contributed by atoms with van der Waals surface area (Å²) in [5.41, 5.74) is 0. The van der Waals surface area contributed by atoms with Crippen molar-refractivity contribution in [1.29, 1.82) is 0 Å². The minimum atomic E-state index is 0.273. The van der Waals surface area contributed by atoms with Gasteiger partial charge in [-0.3, -0.25) is 4.79 Å². The Kier molecular flexibility index (Phi) is 6.06. The number of rotatable bonds is 4. The summed E-state index contributed by atoms with van der Waals surface area (Å²) in [4.78, 5) is 17.3. The highest BCUT2D eigenvalue weighted by Crippen LogP contribution is 2.23. The van der Waals surface area contributed by atoms with E-state index in [4.69, 9.17) is 0 Å². The number of carbonyl (C=O) groups is 1. The number of carbonyl (C=O) groups excluding carboxylic acids is 1. The number of likely N-dealkylation sites (tertiary alicyclic amines) is 2. The molecular weight excluding hydrogens is 262 g/mol. The zero-order valence-electron chi connectivity index (χ0n) is 14.3. The molecule has 2 saturated heterocycles. The summed E-state index contributed by atoms with van der Waals surface area (Å²) in [6.45, 7) is 12.9. The summed E-state index contributed by atoms with van der Waals surface area (Å²) in [5.74, 6) is 0.691. The van der Waals surface area contributed by atoms with Crippen LogP contribution in [0, 0.1) is 5.92 Å². The first-order valence-corrected chi connectivity index (χ1v) is 8.76. The van der Waals surface area contributed by atoms with Crippen molar-refractivity contribution < 1.29 is 4.79 Å². The van der Waals surface area contributed by atoms with Crippen molar-refractivity contribution in [2.45, 2.75) is 71.5 Å². The number of nitrogens with zero attached hydrogens (tertiary/aromatic N) is 2. The summed E-state index contributed by atoms with van der Waals surface area (Å²) in [6, 6.07) is 1.74. The predicted octanol–water partition coefficient (Wildman–Crippen LogP) is 2.10. The normalized spacial score (nSPS) is 23.2. The van der Waals surface area contributed by atoms with Crippen LogP contribution in [-0.2, 0) is 4.79 Å². The fraction of sp³-hybridized carbons (Fsp3) is 0.941. The van der Waals surface area contributed by atoms with Gasteiger partial charge in [0.2, 0.25) is 5.91 Å². The lowest BCUT2D eigenvalue weighted by Crippen LogP contribution is -2.50. The Balaban J connectivity index is 1.75. The average molecular weight is 295 g/mol. The summed E-state index contributed by atoms with van der Waals surface area (Å²) in [6.07, 6.45) is 4.30. The fourth-order valence-corrected chi connectivity index (χ4v) is 3.66. The molecule has 2 rings (SSSR count). The molecule has 0 aromatic heterocycles. The van der Waals surface area contributed by atoms with Gasteiger partial charge in [0.1, 0.15) is 0 Å². The van der Waals surface area contributed by atoms with Crippen LogP contribution in [0.2, 0.25) is 0 Å². The second-order valence-electron chi connectivity index (χ2n) is 7.32. The molecule has 21 heavy (non-hydrogen) atoms. The standard InChI is InChI=1S/C17H33N3O/c1-13(2)18-16-7-11-20(12-8-16)17(21)15-5-9-19(10-6-15)14(3)4/h13-16,18H,5-12H2,1-4H3. The Morgan fingerprint density at radius 1 is 0.952 bits per heavy atom. The maximum Gasteiger partial charge on any atom is 0.225 e. The van der Waals surface area contributed by atoms with Crippen LogP contribution in [0.1, 0.15) is 53.4 Å². The molecule has 4 nitrogen and oxygen atoms in total. The van der Waals surface area contributed by atoms with Gasteiger partial charge < -0.3 is 15.1 Å². The Bertz CT molecular complexity index is 327. The molecule has 0 aromatic rings. The molecule has 0 spiro atoms. The van der Waals surface area contributed by atoms with E-state index in [1.165, 1.54) is 0 Å². The van der Waals surface area contributed by atoms with Crippen molar-refractivity contribution in [1.82, 2.24) is 15.1 Å². The van der Waals surface area contributed by atoms with E-state index in [1.807, 2.05) is 0 Å². The first-order valence-electron chi connectivity index (χ1n) is 8.76. The summed E-state index contributed by atoms with van der Waals surface area (Å²) in [5, 5.41) is 3.59. The second-order valence-corrected chi connectivity index (χ2v) is 7.32. The molecule has 1 amide bonds. The highest BCUT2D eigenvalue weighted by Gasteiger charge is 2.31. The molecule has 4 heteroatoms. The molecule has 2 fully saturated rings. The molecule has 2 aliphatic rings. The lowest BCUT2D eigenvalue weighted by Gasteiger charge is -2.38. The summed E-state index contributed by atoms with van der Waals surface area (Å²) >= 11 is 0. The first-order chi connectivity index (χ1) is 9.97. The van der Waals surface area contributed by atoms with E-state index in [0.29, 0.717) is 24.0 Å². The van der Waals surface area contributed by atoms with E-state index in [9.17, 15) is 4.79 Å². The van der Waals surface area contributed by atoms with E-state index in [-0.39, 0.29) is 5.92 Å². The van der Waals surface area contributed by atoms with Crippen LogP contribution >= 0.6 is 0 Å². The van der Waals surface area contributed by atoms with Crippen LogP contribution in [-0.4, -0.2) is 60.0 Å².